The highest BCUT2D eigenvalue weighted by molar-refractivity contribution is 4.67. The third-order valence-corrected chi connectivity index (χ3v) is 0.749. The maximum atomic E-state index is 8.28. The van der Waals surface area contributed by atoms with Crippen LogP contribution in [0.15, 0.2) is 0 Å². The van der Waals surface area contributed by atoms with Gasteiger partial charge in [0.1, 0.15) is 0 Å². The molecule has 70 valence electrons. The molecule has 11 heavy (non-hydrogen) atoms. The molecule has 0 spiro atoms. The molecule has 0 saturated heterocycles. The lowest BCUT2D eigenvalue weighted by Gasteiger charge is -2.12. The molecule has 0 aromatic heterocycles. The van der Waals surface area contributed by atoms with Gasteiger partial charge in [0, 0.05) is 12.1 Å². The quantitative estimate of drug-likeness (QED) is 0.423. The van der Waals surface area contributed by atoms with Crippen LogP contribution in [0.4, 0.5) is 0 Å². The maximum absolute atomic E-state index is 8.28. The molecule has 1 atom stereocenters. The van der Waals surface area contributed by atoms with Gasteiger partial charge in [0.05, 0.1) is 12.7 Å². The minimum atomic E-state index is -0.403. The predicted molar refractivity (Wildman–Crippen MR) is 46.1 cm³/mol. The lowest BCUT2D eigenvalue weighted by Crippen LogP contribution is -2.35. The first-order valence-electron chi connectivity index (χ1n) is 3.61. The highest BCUT2D eigenvalue weighted by Gasteiger charge is 2.05. The van der Waals surface area contributed by atoms with E-state index in [0.717, 1.165) is 0 Å². The van der Waals surface area contributed by atoms with Crippen LogP contribution in [-0.2, 0) is 0 Å². The average Bonchev–Trinajstić information content (AvgIpc) is 1.88. The first-order valence-corrected chi connectivity index (χ1v) is 3.61. The van der Waals surface area contributed by atoms with Crippen LogP contribution in [0, 0.1) is 0 Å². The first-order chi connectivity index (χ1) is 4.83. The second kappa shape index (κ2) is 6.54. The molecular formula is C7H20N2O2. The van der Waals surface area contributed by atoms with E-state index in [1.165, 1.54) is 0 Å². The van der Waals surface area contributed by atoms with Crippen LogP contribution < -0.4 is 11.5 Å². The van der Waals surface area contributed by atoms with E-state index in [0.29, 0.717) is 6.54 Å². The number of aliphatic hydroxyl groups excluding tert-OH is 2. The SMILES string of the molecule is CC(C)(N)CO.CC(O)CN. The summed E-state index contributed by atoms with van der Waals surface area (Å²) in [6.45, 7) is 5.60. The van der Waals surface area contributed by atoms with Crippen molar-refractivity contribution < 1.29 is 10.2 Å². The standard InChI is InChI=1S/C4H11NO.C3H9NO/c1-4(2,5)3-6;1-3(5)2-4/h6H,3,5H2,1-2H3;3,5H,2,4H2,1H3. The molecule has 0 fully saturated rings. The maximum Gasteiger partial charge on any atom is 0.0634 e. The lowest BCUT2D eigenvalue weighted by atomic mass is 10.1. The molecule has 4 heteroatoms. The molecule has 6 N–H and O–H groups in total. The largest absolute Gasteiger partial charge is 0.394 e. The number of hydrogen-bond donors (Lipinski definition) is 4. The van der Waals surface area contributed by atoms with Crippen molar-refractivity contribution in [3.63, 3.8) is 0 Å². The van der Waals surface area contributed by atoms with Crippen molar-refractivity contribution in [3.8, 4) is 0 Å². The number of rotatable bonds is 2. The van der Waals surface area contributed by atoms with Gasteiger partial charge in [-0.2, -0.15) is 0 Å². The Hall–Kier alpha value is -0.160. The Balaban J connectivity index is 0. The van der Waals surface area contributed by atoms with E-state index < -0.39 is 5.54 Å². The molecule has 0 bridgehead atoms. The van der Waals surface area contributed by atoms with E-state index >= 15 is 0 Å². The number of nitrogens with two attached hydrogens (primary N) is 2. The summed E-state index contributed by atoms with van der Waals surface area (Å²) < 4.78 is 0. The molecule has 0 amide bonds. The normalized spacial score (nSPS) is 13.4. The van der Waals surface area contributed by atoms with Gasteiger partial charge < -0.3 is 21.7 Å². The van der Waals surface area contributed by atoms with Gasteiger partial charge >= 0.3 is 0 Å². The molecule has 0 saturated carbocycles. The third-order valence-electron chi connectivity index (χ3n) is 0.749. The van der Waals surface area contributed by atoms with Crippen LogP contribution in [0.3, 0.4) is 0 Å². The summed E-state index contributed by atoms with van der Waals surface area (Å²) in [6, 6.07) is 0. The molecule has 4 nitrogen and oxygen atoms in total. The van der Waals surface area contributed by atoms with Crippen LogP contribution in [0.5, 0.6) is 0 Å². The van der Waals surface area contributed by atoms with E-state index in [1.807, 2.05) is 0 Å². The molecule has 0 aromatic carbocycles. The topological polar surface area (TPSA) is 92.5 Å². The molecule has 0 heterocycles. The van der Waals surface area contributed by atoms with E-state index in [1.54, 1.807) is 20.8 Å². The van der Waals surface area contributed by atoms with Crippen molar-refractivity contribution in [1.29, 1.82) is 0 Å². The van der Waals surface area contributed by atoms with Crippen molar-refractivity contribution in [2.24, 2.45) is 11.5 Å². The molecule has 0 rings (SSSR count). The zero-order valence-corrected chi connectivity index (χ0v) is 7.54. The summed E-state index contributed by atoms with van der Waals surface area (Å²) in [5, 5.41) is 16.5. The summed E-state index contributed by atoms with van der Waals surface area (Å²) in [5.41, 5.74) is 9.80. The first kappa shape index (κ1) is 13.4. The molecule has 0 aliphatic carbocycles. The summed E-state index contributed by atoms with van der Waals surface area (Å²) in [5.74, 6) is 0. The summed E-state index contributed by atoms with van der Waals surface area (Å²) in [4.78, 5) is 0. The predicted octanol–water partition coefficient (Wildman–Crippen LogP) is -0.958. The fraction of sp³-hybridized carbons (Fsp3) is 1.00. The fourth-order valence-corrected chi connectivity index (χ4v) is 0. The summed E-state index contributed by atoms with van der Waals surface area (Å²) in [7, 11) is 0. The van der Waals surface area contributed by atoms with Crippen LogP contribution in [0.1, 0.15) is 20.8 Å². The fourth-order valence-electron chi connectivity index (χ4n) is 0. The van der Waals surface area contributed by atoms with Crippen LogP contribution in [0.25, 0.3) is 0 Å². The Bertz CT molecular complexity index is 79.0. The summed E-state index contributed by atoms with van der Waals surface area (Å²) in [6.07, 6.45) is -0.338. The van der Waals surface area contributed by atoms with Crippen molar-refractivity contribution in [1.82, 2.24) is 0 Å². The van der Waals surface area contributed by atoms with Crippen LogP contribution in [0.2, 0.25) is 0 Å². The van der Waals surface area contributed by atoms with Crippen LogP contribution >= 0.6 is 0 Å². The minimum absolute atomic E-state index is 0.0486. The Morgan fingerprint density at radius 1 is 1.45 bits per heavy atom. The van der Waals surface area contributed by atoms with E-state index in [2.05, 4.69) is 0 Å². The zero-order valence-electron chi connectivity index (χ0n) is 7.54. The Morgan fingerprint density at radius 3 is 1.64 bits per heavy atom. The van der Waals surface area contributed by atoms with Crippen molar-refractivity contribution in [2.75, 3.05) is 13.2 Å². The number of hydrogen-bond acceptors (Lipinski definition) is 4. The van der Waals surface area contributed by atoms with E-state index in [9.17, 15) is 0 Å². The highest BCUT2D eigenvalue weighted by atomic mass is 16.3. The van der Waals surface area contributed by atoms with Gasteiger partial charge in [-0.15, -0.1) is 0 Å². The van der Waals surface area contributed by atoms with Gasteiger partial charge in [0.15, 0.2) is 0 Å². The van der Waals surface area contributed by atoms with E-state index in [-0.39, 0.29) is 12.7 Å². The van der Waals surface area contributed by atoms with Crippen LogP contribution in [-0.4, -0.2) is 35.0 Å². The average molecular weight is 164 g/mol. The van der Waals surface area contributed by atoms with Crippen molar-refractivity contribution >= 4 is 0 Å². The summed E-state index contributed by atoms with van der Waals surface area (Å²) >= 11 is 0. The van der Waals surface area contributed by atoms with Gasteiger partial charge in [-0.05, 0) is 20.8 Å². The molecule has 0 aliphatic heterocycles. The molecule has 0 aliphatic rings. The minimum Gasteiger partial charge on any atom is -0.394 e. The van der Waals surface area contributed by atoms with Gasteiger partial charge in [0.2, 0.25) is 0 Å². The van der Waals surface area contributed by atoms with Gasteiger partial charge in [-0.3, -0.25) is 0 Å². The lowest BCUT2D eigenvalue weighted by molar-refractivity contribution is 0.203. The van der Waals surface area contributed by atoms with Crippen molar-refractivity contribution in [2.45, 2.75) is 32.4 Å². The second-order valence-electron chi connectivity index (χ2n) is 3.23. The molecular weight excluding hydrogens is 144 g/mol. The molecule has 0 aromatic rings. The number of aliphatic hydroxyl groups is 2. The zero-order chi connectivity index (χ0) is 9.49. The highest BCUT2D eigenvalue weighted by Crippen LogP contribution is 1.89. The molecule has 1 unspecified atom stereocenters. The molecule has 0 radical (unpaired) electrons. The Morgan fingerprint density at radius 2 is 1.64 bits per heavy atom. The third kappa shape index (κ3) is 25.8. The van der Waals surface area contributed by atoms with Crippen molar-refractivity contribution in [3.05, 3.63) is 0 Å². The smallest absolute Gasteiger partial charge is 0.0634 e. The Labute approximate surface area is 68.2 Å². The van der Waals surface area contributed by atoms with Gasteiger partial charge in [-0.25, -0.2) is 0 Å². The monoisotopic (exact) mass is 164 g/mol. The van der Waals surface area contributed by atoms with Gasteiger partial charge in [-0.1, -0.05) is 0 Å². The van der Waals surface area contributed by atoms with Gasteiger partial charge in [0.25, 0.3) is 0 Å². The Kier molecular flexibility index (Phi) is 7.99. The second-order valence-corrected chi connectivity index (χ2v) is 3.23. The van der Waals surface area contributed by atoms with E-state index in [4.69, 9.17) is 21.7 Å².